The molecule has 1 aliphatic rings. The van der Waals surface area contributed by atoms with Gasteiger partial charge in [0.15, 0.2) is 10.8 Å². The number of thioether (sulfide) groups is 2. The van der Waals surface area contributed by atoms with Gasteiger partial charge in [-0.1, -0.05) is 69.8 Å². The van der Waals surface area contributed by atoms with Crippen molar-refractivity contribution in [2.75, 3.05) is 11.5 Å². The molecule has 31 heavy (non-hydrogen) atoms. The molecule has 0 saturated carbocycles. The average molecular weight is 512 g/mol. The molecule has 11 heteroatoms. The van der Waals surface area contributed by atoms with E-state index in [4.69, 9.17) is 0 Å². The maximum atomic E-state index is 12.3. The molecular weight excluding hydrogens is 498 g/mol. The van der Waals surface area contributed by atoms with Crippen molar-refractivity contribution < 1.29 is 4.79 Å². The van der Waals surface area contributed by atoms with Gasteiger partial charge in [0.25, 0.3) is 0 Å². The Hall–Kier alpha value is -2.76. The van der Waals surface area contributed by atoms with Crippen molar-refractivity contribution in [2.24, 2.45) is 10.2 Å². The van der Waals surface area contributed by atoms with Crippen LogP contribution in [0.1, 0.15) is 5.56 Å². The number of halogens is 1. The van der Waals surface area contributed by atoms with E-state index in [1.54, 1.807) is 0 Å². The van der Waals surface area contributed by atoms with Crippen molar-refractivity contribution in [3.8, 4) is 0 Å². The number of hydrogen-bond donors (Lipinski definition) is 2. The molecule has 1 amide bonds. The Morgan fingerprint density at radius 3 is 2.77 bits per heavy atom. The number of fused-ring (bicyclic) bond motifs is 3. The molecule has 2 aromatic carbocycles. The monoisotopic (exact) mass is 511 g/mol. The Bertz CT molecular complexity index is 1350. The zero-order valence-electron chi connectivity index (χ0n) is 15.9. The SMILES string of the molecule is O=C(CSc1nnc2c(n1)[nH]c1ccccc12)NC1=NN=C(c2ccc(Br)cc2)CS1. The highest BCUT2D eigenvalue weighted by Gasteiger charge is 2.16. The number of amides is 1. The summed E-state index contributed by atoms with van der Waals surface area (Å²) in [5.41, 5.74) is 4.21. The smallest absolute Gasteiger partial charge is 0.236 e. The van der Waals surface area contributed by atoms with Gasteiger partial charge in [-0.3, -0.25) is 4.79 Å². The molecule has 3 heterocycles. The van der Waals surface area contributed by atoms with E-state index in [0.29, 0.717) is 21.7 Å². The van der Waals surface area contributed by atoms with Gasteiger partial charge in [0.1, 0.15) is 5.52 Å². The minimum atomic E-state index is -0.195. The standard InChI is InChI=1S/C20H14BrN7OS2/c21-12-7-5-11(6-8-12)15-9-30-19(27-25-15)23-16(29)10-31-20-24-18-17(26-28-20)13-3-1-2-4-14(13)22-18/h1-8H,9-10H2,(H,22,24,28)(H,23,27,29). The van der Waals surface area contributed by atoms with Crippen molar-refractivity contribution in [1.29, 1.82) is 0 Å². The van der Waals surface area contributed by atoms with E-state index in [2.05, 4.69) is 51.6 Å². The first kappa shape index (κ1) is 20.2. The summed E-state index contributed by atoms with van der Waals surface area (Å²) in [6.45, 7) is 0. The number of amidine groups is 1. The van der Waals surface area contributed by atoms with Crippen LogP contribution in [0.4, 0.5) is 0 Å². The second-order valence-corrected chi connectivity index (χ2v) is 9.37. The summed E-state index contributed by atoms with van der Waals surface area (Å²) >= 11 is 6.08. The van der Waals surface area contributed by atoms with Gasteiger partial charge in [0, 0.05) is 21.1 Å². The number of nitrogens with zero attached hydrogens (tertiary/aromatic N) is 5. The number of carbonyl (C=O) groups excluding carboxylic acids is 1. The van der Waals surface area contributed by atoms with Crippen molar-refractivity contribution in [2.45, 2.75) is 5.16 Å². The van der Waals surface area contributed by atoms with Crippen molar-refractivity contribution in [3.05, 3.63) is 58.6 Å². The Balaban J connectivity index is 1.21. The summed E-state index contributed by atoms with van der Waals surface area (Å²) < 4.78 is 1.01. The molecule has 4 aromatic rings. The predicted octanol–water partition coefficient (Wildman–Crippen LogP) is 3.98. The van der Waals surface area contributed by atoms with E-state index in [9.17, 15) is 4.79 Å². The van der Waals surface area contributed by atoms with Crippen LogP contribution in [-0.4, -0.2) is 48.5 Å². The van der Waals surface area contributed by atoms with Crippen LogP contribution in [0.15, 0.2) is 68.4 Å². The molecule has 0 unspecified atom stereocenters. The topological polar surface area (TPSA) is 108 Å². The first-order valence-corrected chi connectivity index (χ1v) is 12.0. The highest BCUT2D eigenvalue weighted by molar-refractivity contribution is 9.10. The van der Waals surface area contributed by atoms with Crippen LogP contribution in [0.2, 0.25) is 0 Å². The van der Waals surface area contributed by atoms with E-state index in [0.717, 1.165) is 32.2 Å². The molecule has 0 radical (unpaired) electrons. The van der Waals surface area contributed by atoms with Crippen LogP contribution < -0.4 is 5.32 Å². The molecule has 1 aliphatic heterocycles. The maximum Gasteiger partial charge on any atom is 0.236 e. The fourth-order valence-electron chi connectivity index (χ4n) is 3.00. The Morgan fingerprint density at radius 1 is 1.13 bits per heavy atom. The van der Waals surface area contributed by atoms with Crippen LogP contribution in [0.5, 0.6) is 0 Å². The van der Waals surface area contributed by atoms with Gasteiger partial charge in [-0.2, -0.15) is 5.10 Å². The van der Waals surface area contributed by atoms with Crippen molar-refractivity contribution in [1.82, 2.24) is 25.5 Å². The van der Waals surface area contributed by atoms with Crippen LogP contribution in [0.25, 0.3) is 22.1 Å². The number of H-pyrrole nitrogens is 1. The molecule has 154 valence electrons. The second kappa shape index (κ2) is 8.77. The fourth-order valence-corrected chi connectivity index (χ4v) is 4.63. The summed E-state index contributed by atoms with van der Waals surface area (Å²) in [6, 6.07) is 15.7. The van der Waals surface area contributed by atoms with Crippen molar-refractivity contribution >= 4 is 78.3 Å². The number of aromatic nitrogens is 4. The van der Waals surface area contributed by atoms with Gasteiger partial charge >= 0.3 is 0 Å². The van der Waals surface area contributed by atoms with Gasteiger partial charge in [-0.15, -0.1) is 15.3 Å². The zero-order chi connectivity index (χ0) is 21.2. The number of carbonyl (C=O) groups is 1. The molecule has 0 atom stereocenters. The first-order valence-electron chi connectivity index (χ1n) is 9.23. The summed E-state index contributed by atoms with van der Waals surface area (Å²) in [7, 11) is 0. The third-order valence-corrected chi connectivity index (χ3v) is 6.71. The zero-order valence-corrected chi connectivity index (χ0v) is 19.1. The lowest BCUT2D eigenvalue weighted by atomic mass is 10.1. The summed E-state index contributed by atoms with van der Waals surface area (Å²) in [5, 5.41) is 21.5. The van der Waals surface area contributed by atoms with Crippen LogP contribution in [0, 0.1) is 0 Å². The lowest BCUT2D eigenvalue weighted by Crippen LogP contribution is -2.31. The lowest BCUT2D eigenvalue weighted by Gasteiger charge is -2.12. The third kappa shape index (κ3) is 4.48. The highest BCUT2D eigenvalue weighted by Crippen LogP contribution is 2.23. The average Bonchev–Trinajstić information content (AvgIpc) is 3.17. The van der Waals surface area contributed by atoms with Crippen LogP contribution in [-0.2, 0) is 4.79 Å². The Morgan fingerprint density at radius 2 is 1.97 bits per heavy atom. The third-order valence-electron chi connectivity index (χ3n) is 4.47. The molecule has 5 rings (SSSR count). The van der Waals surface area contributed by atoms with Crippen LogP contribution >= 0.6 is 39.5 Å². The normalized spacial score (nSPS) is 13.8. The molecule has 0 bridgehead atoms. The Kier molecular flexibility index (Phi) is 5.70. The second-order valence-electron chi connectivity index (χ2n) is 6.55. The predicted molar refractivity (Wildman–Crippen MR) is 129 cm³/mol. The van der Waals surface area contributed by atoms with Crippen LogP contribution in [0.3, 0.4) is 0 Å². The van der Waals surface area contributed by atoms with E-state index < -0.39 is 0 Å². The van der Waals surface area contributed by atoms with Gasteiger partial charge < -0.3 is 10.3 Å². The minimum absolute atomic E-state index is 0.149. The number of benzene rings is 2. The van der Waals surface area contributed by atoms with E-state index >= 15 is 0 Å². The lowest BCUT2D eigenvalue weighted by molar-refractivity contribution is -0.117. The highest BCUT2D eigenvalue weighted by atomic mass is 79.9. The summed E-state index contributed by atoms with van der Waals surface area (Å²) in [6.07, 6.45) is 0. The Labute approximate surface area is 193 Å². The van der Waals surface area contributed by atoms with Gasteiger partial charge in [-0.25, -0.2) is 4.98 Å². The largest absolute Gasteiger partial charge is 0.338 e. The maximum absolute atomic E-state index is 12.3. The first-order chi connectivity index (χ1) is 15.2. The van der Waals surface area contributed by atoms with E-state index in [-0.39, 0.29) is 11.7 Å². The number of rotatable bonds is 4. The summed E-state index contributed by atoms with van der Waals surface area (Å²) in [5.74, 6) is 0.590. The van der Waals surface area contributed by atoms with Gasteiger partial charge in [0.2, 0.25) is 11.1 Å². The molecule has 0 saturated heterocycles. The molecule has 0 spiro atoms. The molecular formula is C20H14BrN7OS2. The number of hydrogen-bond acceptors (Lipinski definition) is 8. The number of aromatic amines is 1. The minimum Gasteiger partial charge on any atom is -0.338 e. The van der Waals surface area contributed by atoms with Gasteiger partial charge in [0.05, 0.1) is 11.5 Å². The molecule has 2 aromatic heterocycles. The molecule has 0 fully saturated rings. The fraction of sp³-hybridized carbons (Fsp3) is 0.100. The number of para-hydroxylation sites is 1. The molecule has 0 aliphatic carbocycles. The van der Waals surface area contributed by atoms with Crippen molar-refractivity contribution in [3.63, 3.8) is 0 Å². The number of nitrogens with one attached hydrogen (secondary N) is 2. The quantitative estimate of drug-likeness (QED) is 0.401. The van der Waals surface area contributed by atoms with E-state index in [1.807, 2.05) is 48.5 Å². The molecule has 2 N–H and O–H groups in total. The molecule has 8 nitrogen and oxygen atoms in total. The van der Waals surface area contributed by atoms with Gasteiger partial charge in [-0.05, 0) is 23.8 Å². The van der Waals surface area contributed by atoms with E-state index in [1.165, 1.54) is 23.5 Å². The summed E-state index contributed by atoms with van der Waals surface area (Å²) in [4.78, 5) is 20.0.